The Hall–Kier alpha value is -1.66. The Balaban J connectivity index is 3.32. The van der Waals surface area contributed by atoms with E-state index in [1.807, 2.05) is 18.7 Å². The van der Waals surface area contributed by atoms with E-state index in [-0.39, 0.29) is 18.3 Å². The molecule has 1 aromatic carbocycles. The number of hydrogen-bond acceptors (Lipinski definition) is 5. The van der Waals surface area contributed by atoms with Crippen LogP contribution >= 0.6 is 0 Å². The van der Waals surface area contributed by atoms with Gasteiger partial charge in [0.15, 0.2) is 0 Å². The Kier molecular flexibility index (Phi) is 6.58. The second-order valence-corrected chi connectivity index (χ2v) is 5.07. The smallest absolute Gasteiger partial charge is 0.292 e. The van der Waals surface area contributed by atoms with E-state index in [1.54, 1.807) is 19.1 Å². The van der Waals surface area contributed by atoms with Gasteiger partial charge in [-0.3, -0.25) is 10.1 Å². The van der Waals surface area contributed by atoms with E-state index < -0.39 is 11.0 Å². The predicted molar refractivity (Wildman–Crippen MR) is 82.5 cm³/mol. The van der Waals surface area contributed by atoms with Crippen LogP contribution < -0.4 is 4.90 Å². The third kappa shape index (κ3) is 4.15. The molecular formula is C15H24N2O4. The molecule has 118 valence electrons. The molecule has 0 spiro atoms. The molecule has 0 fully saturated rings. The van der Waals surface area contributed by atoms with Crippen LogP contribution in [0.3, 0.4) is 0 Å². The maximum absolute atomic E-state index is 11.3. The van der Waals surface area contributed by atoms with E-state index in [9.17, 15) is 20.3 Å². The molecule has 0 bridgehead atoms. The minimum Gasteiger partial charge on any atom is -0.395 e. The van der Waals surface area contributed by atoms with Crippen LogP contribution in [0.15, 0.2) is 18.2 Å². The number of nitro benzene ring substituents is 1. The normalized spacial score (nSPS) is 12.5. The van der Waals surface area contributed by atoms with Gasteiger partial charge in [-0.05, 0) is 31.4 Å². The first-order chi connectivity index (χ1) is 9.96. The number of hydrogen-bond donors (Lipinski definition) is 2. The summed E-state index contributed by atoms with van der Waals surface area (Å²) in [7, 11) is 0. The molecule has 0 amide bonds. The zero-order valence-corrected chi connectivity index (χ0v) is 12.8. The number of aliphatic hydroxyl groups is 2. The monoisotopic (exact) mass is 296 g/mol. The summed E-state index contributed by atoms with van der Waals surface area (Å²) in [5, 5.41) is 30.2. The summed E-state index contributed by atoms with van der Waals surface area (Å²) in [6, 6.07) is 4.90. The van der Waals surface area contributed by atoms with Crippen molar-refractivity contribution in [3.63, 3.8) is 0 Å². The number of rotatable bonds is 8. The molecule has 1 aromatic rings. The van der Waals surface area contributed by atoms with Gasteiger partial charge in [-0.2, -0.15) is 0 Å². The molecule has 1 atom stereocenters. The highest BCUT2D eigenvalue weighted by molar-refractivity contribution is 5.65. The Morgan fingerprint density at radius 1 is 1.33 bits per heavy atom. The minimum absolute atomic E-state index is 0.0336. The SMILES string of the molecule is CCC(CC)N(CCO)c1ccc([C@H](C)O)cc1[N+](=O)[O-]. The summed E-state index contributed by atoms with van der Waals surface area (Å²) in [4.78, 5) is 12.8. The summed E-state index contributed by atoms with van der Waals surface area (Å²) in [5.41, 5.74) is 0.972. The van der Waals surface area contributed by atoms with Crippen LogP contribution in [-0.4, -0.2) is 34.3 Å². The third-order valence-electron chi connectivity index (χ3n) is 3.71. The summed E-state index contributed by atoms with van der Waals surface area (Å²) in [5.74, 6) is 0. The Morgan fingerprint density at radius 3 is 2.38 bits per heavy atom. The van der Waals surface area contributed by atoms with Crippen molar-refractivity contribution in [3.8, 4) is 0 Å². The predicted octanol–water partition coefficient (Wildman–Crippen LogP) is 2.64. The molecule has 0 unspecified atom stereocenters. The molecule has 1 rings (SSSR count). The first kappa shape index (κ1) is 17.4. The lowest BCUT2D eigenvalue weighted by Gasteiger charge is -2.32. The topological polar surface area (TPSA) is 86.8 Å². The van der Waals surface area contributed by atoms with Crippen LogP contribution in [0.1, 0.15) is 45.3 Å². The van der Waals surface area contributed by atoms with Gasteiger partial charge in [0.1, 0.15) is 5.69 Å². The standard InChI is InChI=1S/C15H24N2O4/c1-4-13(5-2)16(8-9-18)14-7-6-12(11(3)19)10-15(14)17(20)21/h6-7,10-11,13,18-19H,4-5,8-9H2,1-3H3/t11-/m0/s1. The van der Waals surface area contributed by atoms with Crippen molar-refractivity contribution in [2.45, 2.75) is 45.8 Å². The number of aliphatic hydroxyl groups excluding tert-OH is 2. The van der Waals surface area contributed by atoms with Gasteiger partial charge >= 0.3 is 0 Å². The minimum atomic E-state index is -0.753. The van der Waals surface area contributed by atoms with Crippen molar-refractivity contribution < 1.29 is 15.1 Å². The summed E-state index contributed by atoms with van der Waals surface area (Å²) in [6.45, 7) is 5.90. The van der Waals surface area contributed by atoms with Gasteiger partial charge in [0.2, 0.25) is 0 Å². The summed E-state index contributed by atoms with van der Waals surface area (Å²) >= 11 is 0. The summed E-state index contributed by atoms with van der Waals surface area (Å²) in [6.07, 6.45) is 0.926. The van der Waals surface area contributed by atoms with Gasteiger partial charge < -0.3 is 15.1 Å². The van der Waals surface area contributed by atoms with Crippen molar-refractivity contribution in [1.29, 1.82) is 0 Å². The van der Waals surface area contributed by atoms with Crippen LogP contribution in [0, 0.1) is 10.1 Å². The molecule has 0 aliphatic rings. The second-order valence-electron chi connectivity index (χ2n) is 5.07. The van der Waals surface area contributed by atoms with Crippen molar-refractivity contribution in [1.82, 2.24) is 0 Å². The van der Waals surface area contributed by atoms with E-state index >= 15 is 0 Å². The molecule has 0 radical (unpaired) electrons. The van der Waals surface area contributed by atoms with Crippen LogP contribution in [-0.2, 0) is 0 Å². The lowest BCUT2D eigenvalue weighted by molar-refractivity contribution is -0.384. The van der Waals surface area contributed by atoms with E-state index in [0.29, 0.717) is 17.8 Å². The number of anilines is 1. The van der Waals surface area contributed by atoms with Crippen molar-refractivity contribution >= 4 is 11.4 Å². The fourth-order valence-corrected chi connectivity index (χ4v) is 2.53. The Bertz CT molecular complexity index is 473. The van der Waals surface area contributed by atoms with Gasteiger partial charge in [0.25, 0.3) is 5.69 Å². The largest absolute Gasteiger partial charge is 0.395 e. The van der Waals surface area contributed by atoms with E-state index in [0.717, 1.165) is 12.8 Å². The number of nitrogens with zero attached hydrogens (tertiary/aromatic N) is 2. The molecule has 0 heterocycles. The maximum Gasteiger partial charge on any atom is 0.292 e. The molecule has 2 N–H and O–H groups in total. The average molecular weight is 296 g/mol. The molecule has 0 aliphatic heterocycles. The van der Waals surface area contributed by atoms with Gasteiger partial charge in [-0.15, -0.1) is 0 Å². The van der Waals surface area contributed by atoms with Crippen LogP contribution in [0.25, 0.3) is 0 Å². The van der Waals surface area contributed by atoms with Gasteiger partial charge in [-0.1, -0.05) is 19.9 Å². The lowest BCUT2D eigenvalue weighted by atomic mass is 10.1. The highest BCUT2D eigenvalue weighted by Gasteiger charge is 2.24. The zero-order valence-electron chi connectivity index (χ0n) is 12.8. The van der Waals surface area contributed by atoms with E-state index in [2.05, 4.69) is 0 Å². The molecule has 6 nitrogen and oxygen atoms in total. The van der Waals surface area contributed by atoms with Crippen molar-refractivity contribution in [3.05, 3.63) is 33.9 Å². The average Bonchev–Trinajstić information content (AvgIpc) is 2.46. The van der Waals surface area contributed by atoms with E-state index in [4.69, 9.17) is 0 Å². The lowest BCUT2D eigenvalue weighted by Crippen LogP contribution is -2.37. The van der Waals surface area contributed by atoms with Crippen LogP contribution in [0.5, 0.6) is 0 Å². The highest BCUT2D eigenvalue weighted by atomic mass is 16.6. The molecule has 21 heavy (non-hydrogen) atoms. The van der Waals surface area contributed by atoms with Crippen molar-refractivity contribution in [2.75, 3.05) is 18.1 Å². The zero-order chi connectivity index (χ0) is 16.0. The summed E-state index contributed by atoms with van der Waals surface area (Å²) < 4.78 is 0. The fraction of sp³-hybridized carbons (Fsp3) is 0.600. The maximum atomic E-state index is 11.3. The third-order valence-corrected chi connectivity index (χ3v) is 3.71. The van der Waals surface area contributed by atoms with Gasteiger partial charge in [0, 0.05) is 18.7 Å². The number of benzene rings is 1. The molecule has 0 aliphatic carbocycles. The fourth-order valence-electron chi connectivity index (χ4n) is 2.53. The first-order valence-electron chi connectivity index (χ1n) is 7.30. The molecule has 0 saturated heterocycles. The molecule has 0 saturated carbocycles. The van der Waals surface area contributed by atoms with Gasteiger partial charge in [0.05, 0.1) is 17.6 Å². The molecular weight excluding hydrogens is 272 g/mol. The Labute approximate surface area is 125 Å². The van der Waals surface area contributed by atoms with Gasteiger partial charge in [-0.25, -0.2) is 0 Å². The molecule has 6 heteroatoms. The first-order valence-corrected chi connectivity index (χ1v) is 7.30. The van der Waals surface area contributed by atoms with Crippen molar-refractivity contribution in [2.24, 2.45) is 0 Å². The van der Waals surface area contributed by atoms with Crippen LogP contribution in [0.2, 0.25) is 0 Å². The quantitative estimate of drug-likeness (QED) is 0.569. The van der Waals surface area contributed by atoms with Crippen LogP contribution in [0.4, 0.5) is 11.4 Å². The van der Waals surface area contributed by atoms with E-state index in [1.165, 1.54) is 6.07 Å². The molecule has 0 aromatic heterocycles. The Morgan fingerprint density at radius 2 is 1.95 bits per heavy atom. The second kappa shape index (κ2) is 7.95. The number of nitro groups is 1. The highest BCUT2D eigenvalue weighted by Crippen LogP contribution is 2.33.